The number of ether oxygens (including phenoxy) is 1. The molecule has 132 valence electrons. The van der Waals surface area contributed by atoms with Crippen molar-refractivity contribution in [3.05, 3.63) is 29.5 Å². The minimum absolute atomic E-state index is 0.0242. The molecule has 9 heteroatoms. The van der Waals surface area contributed by atoms with Gasteiger partial charge < -0.3 is 15.0 Å². The zero-order valence-electron chi connectivity index (χ0n) is 13.8. The molecule has 3 heterocycles. The first kappa shape index (κ1) is 17.3. The third-order valence-electron chi connectivity index (χ3n) is 4.05. The molecule has 1 aliphatic rings. The summed E-state index contributed by atoms with van der Waals surface area (Å²) in [7, 11) is 1.40. The van der Waals surface area contributed by atoms with Crippen LogP contribution in [-0.4, -0.2) is 51.9 Å². The van der Waals surface area contributed by atoms with Gasteiger partial charge in [-0.05, 0) is 18.9 Å². The summed E-state index contributed by atoms with van der Waals surface area (Å²) in [5.41, 5.74) is 0.712. The van der Waals surface area contributed by atoms with Gasteiger partial charge in [-0.25, -0.2) is 15.0 Å². The van der Waals surface area contributed by atoms with E-state index in [1.807, 2.05) is 5.38 Å². The first-order valence-corrected chi connectivity index (χ1v) is 8.87. The number of hydrogen-bond donors (Lipinski definition) is 1. The molecule has 3 rings (SSSR count). The fourth-order valence-electron chi connectivity index (χ4n) is 2.70. The van der Waals surface area contributed by atoms with Crippen LogP contribution in [0.3, 0.4) is 0 Å². The molecule has 1 N–H and O–H groups in total. The number of piperidine rings is 1. The van der Waals surface area contributed by atoms with E-state index in [-0.39, 0.29) is 24.2 Å². The molecule has 0 radical (unpaired) electrons. The van der Waals surface area contributed by atoms with E-state index in [0.717, 1.165) is 0 Å². The van der Waals surface area contributed by atoms with Gasteiger partial charge in [0.05, 0.1) is 25.1 Å². The fourth-order valence-corrected chi connectivity index (χ4v) is 3.41. The predicted molar refractivity (Wildman–Crippen MR) is 92.5 cm³/mol. The van der Waals surface area contributed by atoms with Gasteiger partial charge in [-0.1, -0.05) is 0 Å². The number of rotatable bonds is 5. The first-order valence-electron chi connectivity index (χ1n) is 7.99. The zero-order chi connectivity index (χ0) is 17.6. The molecule has 8 nitrogen and oxygen atoms in total. The van der Waals surface area contributed by atoms with E-state index >= 15 is 0 Å². The number of carbonyl (C=O) groups is 2. The summed E-state index contributed by atoms with van der Waals surface area (Å²) in [6.07, 6.45) is 4.83. The highest BCUT2D eigenvalue weighted by atomic mass is 32.1. The number of nitrogens with one attached hydrogen (secondary N) is 1. The molecule has 1 amide bonds. The Kier molecular flexibility index (Phi) is 5.54. The number of thiazole rings is 1. The minimum atomic E-state index is -0.189. The zero-order valence-corrected chi connectivity index (χ0v) is 14.7. The lowest BCUT2D eigenvalue weighted by atomic mass is 9.97. The molecule has 2 aromatic rings. The Morgan fingerprint density at radius 1 is 1.32 bits per heavy atom. The summed E-state index contributed by atoms with van der Waals surface area (Å²) in [4.78, 5) is 38.3. The monoisotopic (exact) mass is 361 g/mol. The Labute approximate surface area is 149 Å². The topological polar surface area (TPSA) is 97.3 Å². The maximum atomic E-state index is 12.4. The number of esters is 1. The predicted octanol–water partition coefficient (Wildman–Crippen LogP) is 1.63. The molecule has 2 aromatic heterocycles. The molecule has 0 aliphatic carbocycles. The van der Waals surface area contributed by atoms with E-state index in [9.17, 15) is 9.59 Å². The average molecular weight is 361 g/mol. The van der Waals surface area contributed by atoms with Crippen molar-refractivity contribution in [2.45, 2.75) is 19.3 Å². The summed E-state index contributed by atoms with van der Waals surface area (Å²) in [5, 5.41) is 5.51. The average Bonchev–Trinajstić information content (AvgIpc) is 3.08. The van der Waals surface area contributed by atoms with Crippen LogP contribution in [0.2, 0.25) is 0 Å². The second-order valence-electron chi connectivity index (χ2n) is 5.70. The van der Waals surface area contributed by atoms with Crippen LogP contribution in [0.5, 0.6) is 0 Å². The van der Waals surface area contributed by atoms with E-state index in [4.69, 9.17) is 4.74 Å². The van der Waals surface area contributed by atoms with Gasteiger partial charge in [0.15, 0.2) is 5.13 Å². The maximum Gasteiger partial charge on any atom is 0.308 e. The lowest BCUT2D eigenvalue weighted by molar-refractivity contribution is -0.148. The van der Waals surface area contributed by atoms with E-state index in [0.29, 0.717) is 42.7 Å². The molecular formula is C16H19N5O3S. The van der Waals surface area contributed by atoms with Crippen LogP contribution in [0.15, 0.2) is 23.8 Å². The Balaban J connectivity index is 1.51. The molecule has 0 spiro atoms. The minimum Gasteiger partial charge on any atom is -0.469 e. The van der Waals surface area contributed by atoms with Crippen molar-refractivity contribution in [3.63, 3.8) is 0 Å². The van der Waals surface area contributed by atoms with Crippen molar-refractivity contribution in [1.29, 1.82) is 0 Å². The highest BCUT2D eigenvalue weighted by Crippen LogP contribution is 2.21. The molecule has 0 unspecified atom stereocenters. The SMILES string of the molecule is COC(=O)C1CCN(C(=O)Cc2csc(Nc3ncccn3)n2)CC1. The molecule has 0 bridgehead atoms. The van der Waals surface area contributed by atoms with Gasteiger partial charge in [-0.2, -0.15) is 0 Å². The molecule has 25 heavy (non-hydrogen) atoms. The summed E-state index contributed by atoms with van der Waals surface area (Å²) >= 11 is 1.41. The second kappa shape index (κ2) is 8.02. The second-order valence-corrected chi connectivity index (χ2v) is 6.55. The van der Waals surface area contributed by atoms with Gasteiger partial charge >= 0.3 is 5.97 Å². The Hall–Kier alpha value is -2.55. The van der Waals surface area contributed by atoms with Crippen molar-refractivity contribution in [2.24, 2.45) is 5.92 Å². The van der Waals surface area contributed by atoms with Gasteiger partial charge in [-0.3, -0.25) is 9.59 Å². The summed E-state index contributed by atoms with van der Waals surface area (Å²) in [6, 6.07) is 1.74. The molecule has 1 aliphatic heterocycles. The molecule has 0 saturated carbocycles. The number of carbonyl (C=O) groups excluding carboxylic acids is 2. The Bertz CT molecular complexity index is 728. The third-order valence-corrected chi connectivity index (χ3v) is 4.86. The quantitative estimate of drug-likeness (QED) is 0.808. The van der Waals surface area contributed by atoms with E-state index in [1.54, 1.807) is 23.4 Å². The number of hydrogen-bond acceptors (Lipinski definition) is 8. The van der Waals surface area contributed by atoms with Crippen molar-refractivity contribution in [2.75, 3.05) is 25.5 Å². The Morgan fingerprint density at radius 2 is 2.04 bits per heavy atom. The van der Waals surface area contributed by atoms with Crippen molar-refractivity contribution < 1.29 is 14.3 Å². The van der Waals surface area contributed by atoms with Crippen LogP contribution in [-0.2, 0) is 20.7 Å². The van der Waals surface area contributed by atoms with Crippen LogP contribution in [0, 0.1) is 5.92 Å². The van der Waals surface area contributed by atoms with Crippen LogP contribution in [0.25, 0.3) is 0 Å². The Morgan fingerprint density at radius 3 is 2.72 bits per heavy atom. The van der Waals surface area contributed by atoms with Crippen LogP contribution in [0.4, 0.5) is 11.1 Å². The van der Waals surface area contributed by atoms with Gasteiger partial charge in [0.2, 0.25) is 11.9 Å². The van der Waals surface area contributed by atoms with Crippen LogP contribution >= 0.6 is 11.3 Å². The van der Waals surface area contributed by atoms with Crippen molar-refractivity contribution >= 4 is 34.3 Å². The molecule has 0 atom stereocenters. The summed E-state index contributed by atoms with van der Waals surface area (Å²) in [6.45, 7) is 1.15. The third kappa shape index (κ3) is 4.50. The van der Waals surface area contributed by atoms with E-state index in [2.05, 4.69) is 20.3 Å². The first-order chi connectivity index (χ1) is 12.2. The van der Waals surface area contributed by atoms with Crippen LogP contribution in [0.1, 0.15) is 18.5 Å². The standard InChI is InChI=1S/C16H19N5O3S/c1-24-14(23)11-3-7-21(8-4-11)13(22)9-12-10-25-16(19-12)20-15-17-5-2-6-18-15/h2,5-6,10-11H,3-4,7-9H2,1H3,(H,17,18,19,20). The molecule has 1 saturated heterocycles. The largest absolute Gasteiger partial charge is 0.469 e. The highest BCUT2D eigenvalue weighted by Gasteiger charge is 2.28. The molecular weight excluding hydrogens is 342 g/mol. The van der Waals surface area contributed by atoms with Gasteiger partial charge in [-0.15, -0.1) is 11.3 Å². The number of methoxy groups -OCH3 is 1. The van der Waals surface area contributed by atoms with E-state index in [1.165, 1.54) is 18.4 Å². The summed E-state index contributed by atoms with van der Waals surface area (Å²) < 4.78 is 4.76. The van der Waals surface area contributed by atoms with Gasteiger partial charge in [0, 0.05) is 30.9 Å². The van der Waals surface area contributed by atoms with Gasteiger partial charge in [0.1, 0.15) is 0 Å². The number of nitrogens with zero attached hydrogens (tertiary/aromatic N) is 4. The highest BCUT2D eigenvalue weighted by molar-refractivity contribution is 7.13. The maximum absolute atomic E-state index is 12.4. The molecule has 0 aromatic carbocycles. The van der Waals surface area contributed by atoms with Crippen molar-refractivity contribution in [1.82, 2.24) is 19.9 Å². The lowest BCUT2D eigenvalue weighted by Gasteiger charge is -2.30. The molecule has 1 fully saturated rings. The normalized spacial score (nSPS) is 15.0. The lowest BCUT2D eigenvalue weighted by Crippen LogP contribution is -2.41. The fraction of sp³-hybridized carbons (Fsp3) is 0.438. The van der Waals surface area contributed by atoms with Crippen LogP contribution < -0.4 is 5.32 Å². The number of amides is 1. The van der Waals surface area contributed by atoms with Crippen molar-refractivity contribution in [3.8, 4) is 0 Å². The number of likely N-dealkylation sites (tertiary alicyclic amines) is 1. The van der Waals surface area contributed by atoms with E-state index < -0.39 is 0 Å². The number of aromatic nitrogens is 3. The van der Waals surface area contributed by atoms with Gasteiger partial charge in [0.25, 0.3) is 0 Å². The summed E-state index contributed by atoms with van der Waals surface area (Å²) in [5.74, 6) is 0.205. The smallest absolute Gasteiger partial charge is 0.308 e. The number of anilines is 2.